The lowest BCUT2D eigenvalue weighted by molar-refractivity contribution is 1.07. The summed E-state index contributed by atoms with van der Waals surface area (Å²) in [6, 6.07) is 93.1. The van der Waals surface area contributed by atoms with E-state index in [0.29, 0.717) is 17.5 Å². The molecule has 7 heteroatoms. The molecule has 0 spiro atoms. The Morgan fingerprint density at radius 3 is 0.895 bits per heavy atom. The van der Waals surface area contributed by atoms with Crippen molar-refractivity contribution in [3.8, 4) is 56.9 Å². The van der Waals surface area contributed by atoms with E-state index in [1.165, 1.54) is 65.2 Å². The van der Waals surface area contributed by atoms with Crippen LogP contribution in [0.3, 0.4) is 0 Å². The van der Waals surface area contributed by atoms with Crippen LogP contribution in [0.25, 0.3) is 144 Å². The van der Waals surface area contributed by atoms with E-state index >= 15 is 0 Å². The average molecular weight is 970 g/mol. The summed E-state index contributed by atoms with van der Waals surface area (Å²) >= 11 is 0. The lowest BCUT2D eigenvalue weighted by Crippen LogP contribution is -2.01. The predicted molar refractivity (Wildman–Crippen MR) is 313 cm³/mol. The summed E-state index contributed by atoms with van der Waals surface area (Å²) in [7, 11) is 0. The molecule has 16 rings (SSSR count). The molecule has 5 aromatic heterocycles. The molecule has 0 fully saturated rings. The summed E-state index contributed by atoms with van der Waals surface area (Å²) in [5, 5.41) is 9.79. The topological polar surface area (TPSA) is 58.4 Å². The highest BCUT2D eigenvalue weighted by molar-refractivity contribution is 6.27. The van der Waals surface area contributed by atoms with E-state index in [9.17, 15) is 0 Å². The number of benzene rings is 11. The number of hydrogen-bond acceptors (Lipinski definition) is 3. The van der Waals surface area contributed by atoms with Crippen LogP contribution in [-0.2, 0) is 0 Å². The molecule has 0 N–H and O–H groups in total. The molecule has 0 aliphatic rings. The molecule has 0 saturated carbocycles. The lowest BCUT2D eigenvalue weighted by Gasteiger charge is -2.12. The minimum atomic E-state index is 0.607. The van der Waals surface area contributed by atoms with Crippen LogP contribution in [-0.4, -0.2) is 33.2 Å². The van der Waals surface area contributed by atoms with Gasteiger partial charge in [0, 0.05) is 82.5 Å². The third kappa shape index (κ3) is 6.26. The standard InChI is InChI=1S/C69H43N7/c1-4-18-44(19-5-1)67-70-68(45-32-36-49(37-33-45)73-59-30-16-12-26-55(59)63-61(73)42-40-53-51-24-10-14-28-57(51)75(65(53)63)47-20-6-2-7-21-47)72-69(71-67)46-34-38-50(39-35-46)74-60-31-17-13-27-56(60)64-62(74)43-41-54-52-25-11-15-29-58(52)76(66(54)64)48-22-8-3-9-23-48/h1-43H. The predicted octanol–water partition coefficient (Wildman–Crippen LogP) is 17.3. The normalized spacial score (nSPS) is 11.9. The molecule has 0 atom stereocenters. The van der Waals surface area contributed by atoms with Crippen LogP contribution in [0.15, 0.2) is 261 Å². The molecule has 5 heterocycles. The maximum absolute atomic E-state index is 5.23. The van der Waals surface area contributed by atoms with E-state index in [2.05, 4.69) is 261 Å². The minimum absolute atomic E-state index is 0.607. The van der Waals surface area contributed by atoms with Gasteiger partial charge in [-0.3, -0.25) is 0 Å². The van der Waals surface area contributed by atoms with Gasteiger partial charge >= 0.3 is 0 Å². The molecule has 354 valence electrons. The first-order valence-corrected chi connectivity index (χ1v) is 25.8. The molecule has 0 bridgehead atoms. The Bertz CT molecular complexity index is 4660. The Labute approximate surface area is 436 Å². The van der Waals surface area contributed by atoms with Gasteiger partial charge in [0.05, 0.1) is 44.1 Å². The van der Waals surface area contributed by atoms with E-state index in [0.717, 1.165) is 61.5 Å². The first-order chi connectivity index (χ1) is 37.7. The van der Waals surface area contributed by atoms with E-state index in [1.807, 2.05) is 18.2 Å². The van der Waals surface area contributed by atoms with Gasteiger partial charge in [0.2, 0.25) is 0 Å². The van der Waals surface area contributed by atoms with Gasteiger partial charge in [-0.25, -0.2) is 15.0 Å². The minimum Gasteiger partial charge on any atom is -0.309 e. The molecule has 0 unspecified atom stereocenters. The zero-order valence-electron chi connectivity index (χ0n) is 41.0. The highest BCUT2D eigenvalue weighted by Crippen LogP contribution is 2.44. The molecule has 0 saturated heterocycles. The maximum atomic E-state index is 5.23. The number of nitrogens with zero attached hydrogens (tertiary/aromatic N) is 7. The number of para-hydroxylation sites is 6. The fourth-order valence-electron chi connectivity index (χ4n) is 12.1. The third-order valence-electron chi connectivity index (χ3n) is 15.4. The Morgan fingerprint density at radius 2 is 0.500 bits per heavy atom. The molecule has 76 heavy (non-hydrogen) atoms. The van der Waals surface area contributed by atoms with Crippen molar-refractivity contribution in [3.05, 3.63) is 261 Å². The van der Waals surface area contributed by atoms with E-state index < -0.39 is 0 Å². The quantitative estimate of drug-likeness (QED) is 0.160. The SMILES string of the molecule is c1ccc(-c2nc(-c3ccc(-n4c5ccccc5c5c4ccc4c6ccccc6n(-c6ccccc6)c45)cc3)nc(-c3ccc(-n4c5ccccc5c5c4ccc4c6ccccc6n(-c6ccccc6)c45)cc3)n2)cc1. The average Bonchev–Trinajstić information content (AvgIpc) is 4.30. The largest absolute Gasteiger partial charge is 0.309 e. The highest BCUT2D eigenvalue weighted by atomic mass is 15.0. The van der Waals surface area contributed by atoms with Crippen molar-refractivity contribution < 1.29 is 0 Å². The van der Waals surface area contributed by atoms with E-state index in [-0.39, 0.29) is 0 Å². The molecule has 11 aromatic carbocycles. The zero-order chi connectivity index (χ0) is 49.8. The molecule has 7 nitrogen and oxygen atoms in total. The molecule has 16 aromatic rings. The summed E-state index contributed by atoms with van der Waals surface area (Å²) in [4.78, 5) is 15.5. The molecule has 0 radical (unpaired) electrons. The van der Waals surface area contributed by atoms with Crippen LogP contribution in [0, 0.1) is 0 Å². The Balaban J connectivity index is 0.821. The first kappa shape index (κ1) is 42.2. The van der Waals surface area contributed by atoms with Crippen LogP contribution in [0.4, 0.5) is 0 Å². The number of fused-ring (bicyclic) bond motifs is 14. The van der Waals surface area contributed by atoms with Crippen molar-refractivity contribution in [1.82, 2.24) is 33.2 Å². The van der Waals surface area contributed by atoms with Crippen molar-refractivity contribution in [1.29, 1.82) is 0 Å². The van der Waals surface area contributed by atoms with Crippen molar-refractivity contribution >= 4 is 87.2 Å². The van der Waals surface area contributed by atoms with Gasteiger partial charge in [0.15, 0.2) is 17.5 Å². The molecular formula is C69H43N7. The summed E-state index contributed by atoms with van der Waals surface area (Å²) in [6.07, 6.45) is 0. The van der Waals surface area contributed by atoms with Gasteiger partial charge in [-0.05, 0) is 109 Å². The summed E-state index contributed by atoms with van der Waals surface area (Å²) in [5.41, 5.74) is 16.5. The van der Waals surface area contributed by atoms with Crippen LogP contribution < -0.4 is 0 Å². The molecule has 0 aliphatic heterocycles. The van der Waals surface area contributed by atoms with Crippen LogP contribution >= 0.6 is 0 Å². The third-order valence-corrected chi connectivity index (χ3v) is 15.4. The summed E-state index contributed by atoms with van der Waals surface area (Å²) < 4.78 is 9.63. The van der Waals surface area contributed by atoms with Gasteiger partial charge in [0.25, 0.3) is 0 Å². The van der Waals surface area contributed by atoms with Crippen LogP contribution in [0.5, 0.6) is 0 Å². The number of hydrogen-bond donors (Lipinski definition) is 0. The van der Waals surface area contributed by atoms with Crippen molar-refractivity contribution in [2.24, 2.45) is 0 Å². The smallest absolute Gasteiger partial charge is 0.164 e. The lowest BCUT2D eigenvalue weighted by atomic mass is 10.1. The Kier molecular flexibility index (Phi) is 9.20. The Morgan fingerprint density at radius 1 is 0.197 bits per heavy atom. The number of aromatic nitrogens is 7. The van der Waals surface area contributed by atoms with Crippen molar-refractivity contribution in [3.63, 3.8) is 0 Å². The summed E-state index contributed by atoms with van der Waals surface area (Å²) in [5.74, 6) is 1.83. The zero-order valence-corrected chi connectivity index (χ0v) is 41.0. The summed E-state index contributed by atoms with van der Waals surface area (Å²) in [6.45, 7) is 0. The van der Waals surface area contributed by atoms with E-state index in [1.54, 1.807) is 0 Å². The van der Waals surface area contributed by atoms with E-state index in [4.69, 9.17) is 15.0 Å². The van der Waals surface area contributed by atoms with Gasteiger partial charge < -0.3 is 18.3 Å². The van der Waals surface area contributed by atoms with Crippen LogP contribution in [0.2, 0.25) is 0 Å². The van der Waals surface area contributed by atoms with Crippen molar-refractivity contribution in [2.45, 2.75) is 0 Å². The van der Waals surface area contributed by atoms with Crippen LogP contribution in [0.1, 0.15) is 0 Å². The van der Waals surface area contributed by atoms with Gasteiger partial charge in [-0.1, -0.05) is 152 Å². The molecular weight excluding hydrogens is 927 g/mol. The monoisotopic (exact) mass is 969 g/mol. The fraction of sp³-hybridized carbons (Fsp3) is 0. The second-order valence-corrected chi connectivity index (χ2v) is 19.6. The van der Waals surface area contributed by atoms with Gasteiger partial charge in [-0.2, -0.15) is 0 Å². The second kappa shape index (κ2) is 16.6. The molecule has 0 aliphatic carbocycles. The Hall–Kier alpha value is -10.4. The number of rotatable bonds is 7. The molecule has 0 amide bonds. The van der Waals surface area contributed by atoms with Gasteiger partial charge in [0.1, 0.15) is 0 Å². The van der Waals surface area contributed by atoms with Crippen molar-refractivity contribution in [2.75, 3.05) is 0 Å². The highest BCUT2D eigenvalue weighted by Gasteiger charge is 2.23. The second-order valence-electron chi connectivity index (χ2n) is 19.6. The fourth-order valence-corrected chi connectivity index (χ4v) is 12.1. The van der Waals surface area contributed by atoms with Gasteiger partial charge in [-0.15, -0.1) is 0 Å². The first-order valence-electron chi connectivity index (χ1n) is 25.8. The maximum Gasteiger partial charge on any atom is 0.164 e.